The highest BCUT2D eigenvalue weighted by atomic mass is 32.2. The van der Waals surface area contributed by atoms with E-state index >= 15 is 0 Å². The molecule has 0 aromatic heterocycles. The molecule has 1 saturated carbocycles. The Morgan fingerprint density at radius 1 is 1.20 bits per heavy atom. The summed E-state index contributed by atoms with van der Waals surface area (Å²) in [7, 11) is -1.70. The van der Waals surface area contributed by atoms with Crippen LogP contribution in [0.1, 0.15) is 37.7 Å². The average molecular weight is 439 g/mol. The van der Waals surface area contributed by atoms with Gasteiger partial charge in [0, 0.05) is 38.9 Å². The molecule has 1 heterocycles. The number of sulfonamides is 1. The van der Waals surface area contributed by atoms with Crippen LogP contribution in [-0.2, 0) is 21.3 Å². The number of rotatable bonds is 11. The summed E-state index contributed by atoms with van der Waals surface area (Å²) in [6.45, 7) is 2.63. The zero-order chi connectivity index (χ0) is 21.2. The van der Waals surface area contributed by atoms with Gasteiger partial charge in [0.1, 0.15) is 5.75 Å². The van der Waals surface area contributed by atoms with Crippen molar-refractivity contribution in [2.24, 2.45) is 10.9 Å². The van der Waals surface area contributed by atoms with Crippen molar-refractivity contribution >= 4 is 16.0 Å². The van der Waals surface area contributed by atoms with Crippen LogP contribution in [0, 0.1) is 5.92 Å². The summed E-state index contributed by atoms with van der Waals surface area (Å²) in [5, 5.41) is 6.28. The smallest absolute Gasteiger partial charge is 0.213 e. The van der Waals surface area contributed by atoms with E-state index in [9.17, 15) is 8.42 Å². The first-order valence-electron chi connectivity index (χ1n) is 10.8. The number of aliphatic imine (C=N–C) groups is 1. The van der Waals surface area contributed by atoms with E-state index in [0.29, 0.717) is 31.6 Å². The number of hydrogen-bond donors (Lipinski definition) is 3. The molecule has 30 heavy (non-hydrogen) atoms. The van der Waals surface area contributed by atoms with Crippen LogP contribution < -0.4 is 20.1 Å². The second kappa shape index (κ2) is 11.5. The van der Waals surface area contributed by atoms with Crippen LogP contribution in [0.3, 0.4) is 0 Å². The standard InChI is InChI=1S/C21H34N4O4S/c1-22-21(23-11-13-30(26,27)25-15-19-7-4-5-12-28-19)24-14-18-6-2-3-8-20(18)29-16-17-9-10-17/h2-3,6,8,17,19,25H,4-5,7,9-16H2,1H3,(H2,22,23,24). The first-order chi connectivity index (χ1) is 14.6. The number of nitrogens with zero attached hydrogens (tertiary/aromatic N) is 1. The maximum atomic E-state index is 12.2. The molecule has 2 aliphatic rings. The van der Waals surface area contributed by atoms with Gasteiger partial charge in [-0.2, -0.15) is 0 Å². The van der Waals surface area contributed by atoms with Gasteiger partial charge in [0.2, 0.25) is 10.0 Å². The van der Waals surface area contributed by atoms with E-state index in [0.717, 1.165) is 37.2 Å². The minimum absolute atomic E-state index is 0.0156. The zero-order valence-electron chi connectivity index (χ0n) is 17.7. The lowest BCUT2D eigenvalue weighted by atomic mass is 10.1. The van der Waals surface area contributed by atoms with Gasteiger partial charge in [-0.25, -0.2) is 13.1 Å². The molecule has 0 radical (unpaired) electrons. The Morgan fingerprint density at radius 2 is 2.03 bits per heavy atom. The molecule has 1 aliphatic heterocycles. The van der Waals surface area contributed by atoms with Crippen molar-refractivity contribution in [3.63, 3.8) is 0 Å². The van der Waals surface area contributed by atoms with Gasteiger partial charge in [0.05, 0.1) is 18.5 Å². The average Bonchev–Trinajstić information content (AvgIpc) is 3.59. The van der Waals surface area contributed by atoms with Crippen LogP contribution in [0.15, 0.2) is 29.3 Å². The molecule has 1 unspecified atom stereocenters. The predicted octanol–water partition coefficient (Wildman–Crippen LogP) is 1.63. The highest BCUT2D eigenvalue weighted by Crippen LogP contribution is 2.30. The van der Waals surface area contributed by atoms with E-state index in [-0.39, 0.29) is 18.4 Å². The van der Waals surface area contributed by atoms with Crippen LogP contribution >= 0.6 is 0 Å². The Hall–Kier alpha value is -1.84. The van der Waals surface area contributed by atoms with E-state index in [2.05, 4.69) is 20.3 Å². The molecule has 168 valence electrons. The molecule has 2 fully saturated rings. The lowest BCUT2D eigenvalue weighted by Crippen LogP contribution is -2.42. The molecule has 1 atom stereocenters. The number of benzene rings is 1. The lowest BCUT2D eigenvalue weighted by Gasteiger charge is -2.22. The van der Waals surface area contributed by atoms with E-state index in [1.807, 2.05) is 24.3 Å². The molecular weight excluding hydrogens is 404 g/mol. The van der Waals surface area contributed by atoms with Crippen molar-refractivity contribution in [1.82, 2.24) is 15.4 Å². The van der Waals surface area contributed by atoms with Gasteiger partial charge in [0.25, 0.3) is 0 Å². The second-order valence-electron chi connectivity index (χ2n) is 7.87. The van der Waals surface area contributed by atoms with Gasteiger partial charge in [-0.3, -0.25) is 4.99 Å². The quantitative estimate of drug-likeness (QED) is 0.359. The molecule has 0 bridgehead atoms. The third-order valence-corrected chi connectivity index (χ3v) is 6.63. The van der Waals surface area contributed by atoms with E-state index in [4.69, 9.17) is 9.47 Å². The first-order valence-corrected chi connectivity index (χ1v) is 12.4. The highest BCUT2D eigenvalue weighted by Gasteiger charge is 2.22. The molecular formula is C21H34N4O4S. The van der Waals surface area contributed by atoms with Gasteiger partial charge < -0.3 is 20.1 Å². The van der Waals surface area contributed by atoms with Gasteiger partial charge >= 0.3 is 0 Å². The van der Waals surface area contributed by atoms with Gasteiger partial charge in [-0.05, 0) is 44.1 Å². The SMILES string of the molecule is CN=C(NCCS(=O)(=O)NCC1CCCCO1)NCc1ccccc1OCC1CC1. The number of para-hydroxylation sites is 1. The fourth-order valence-electron chi connectivity index (χ4n) is 3.25. The number of ether oxygens (including phenoxy) is 2. The number of nitrogens with one attached hydrogen (secondary N) is 3. The van der Waals surface area contributed by atoms with Crippen molar-refractivity contribution in [1.29, 1.82) is 0 Å². The molecule has 3 rings (SSSR count). The van der Waals surface area contributed by atoms with Crippen molar-refractivity contribution in [3.8, 4) is 5.75 Å². The molecule has 3 N–H and O–H groups in total. The highest BCUT2D eigenvalue weighted by molar-refractivity contribution is 7.89. The molecule has 8 nitrogen and oxygen atoms in total. The second-order valence-corrected chi connectivity index (χ2v) is 9.80. The van der Waals surface area contributed by atoms with Crippen LogP contribution in [0.4, 0.5) is 0 Å². The summed E-state index contributed by atoms with van der Waals surface area (Å²) >= 11 is 0. The molecule has 0 spiro atoms. The predicted molar refractivity (Wildman–Crippen MR) is 118 cm³/mol. The number of guanidine groups is 1. The van der Waals surface area contributed by atoms with E-state index in [1.54, 1.807) is 7.05 Å². The monoisotopic (exact) mass is 438 g/mol. The summed E-state index contributed by atoms with van der Waals surface area (Å²) in [4.78, 5) is 4.17. The maximum Gasteiger partial charge on any atom is 0.213 e. The van der Waals surface area contributed by atoms with Crippen LogP contribution in [0.5, 0.6) is 5.75 Å². The molecule has 1 aromatic carbocycles. The third-order valence-electron chi connectivity index (χ3n) is 5.28. The van der Waals surface area contributed by atoms with Gasteiger partial charge in [-0.1, -0.05) is 18.2 Å². The first kappa shape index (κ1) is 22.8. The van der Waals surface area contributed by atoms with Crippen molar-refractivity contribution in [3.05, 3.63) is 29.8 Å². The minimum Gasteiger partial charge on any atom is -0.493 e. The van der Waals surface area contributed by atoms with Crippen LogP contribution in [0.2, 0.25) is 0 Å². The zero-order valence-corrected chi connectivity index (χ0v) is 18.5. The fourth-order valence-corrected chi connectivity index (χ4v) is 4.20. The Labute approximate surface area is 179 Å². The Balaban J connectivity index is 1.38. The molecule has 1 aromatic rings. The summed E-state index contributed by atoms with van der Waals surface area (Å²) in [6, 6.07) is 7.94. The third kappa shape index (κ3) is 8.12. The van der Waals surface area contributed by atoms with Gasteiger partial charge in [0.15, 0.2) is 5.96 Å². The fraction of sp³-hybridized carbons (Fsp3) is 0.667. The van der Waals surface area contributed by atoms with Crippen molar-refractivity contribution in [2.75, 3.05) is 39.1 Å². The maximum absolute atomic E-state index is 12.2. The molecule has 0 amide bonds. The largest absolute Gasteiger partial charge is 0.493 e. The van der Waals surface area contributed by atoms with E-state index in [1.165, 1.54) is 12.8 Å². The van der Waals surface area contributed by atoms with Gasteiger partial charge in [-0.15, -0.1) is 0 Å². The Kier molecular flexibility index (Phi) is 8.77. The van der Waals surface area contributed by atoms with Crippen molar-refractivity contribution in [2.45, 2.75) is 44.8 Å². The van der Waals surface area contributed by atoms with Crippen LogP contribution in [0.25, 0.3) is 0 Å². The topological polar surface area (TPSA) is 101 Å². The van der Waals surface area contributed by atoms with E-state index < -0.39 is 10.0 Å². The lowest BCUT2D eigenvalue weighted by molar-refractivity contribution is 0.0200. The summed E-state index contributed by atoms with van der Waals surface area (Å²) in [5.74, 6) is 2.10. The van der Waals surface area contributed by atoms with Crippen molar-refractivity contribution < 1.29 is 17.9 Å². The summed E-state index contributed by atoms with van der Waals surface area (Å²) < 4.78 is 38.6. The minimum atomic E-state index is -3.36. The molecule has 1 saturated heterocycles. The summed E-state index contributed by atoms with van der Waals surface area (Å²) in [6.07, 6.45) is 5.54. The summed E-state index contributed by atoms with van der Waals surface area (Å²) in [5.41, 5.74) is 1.04. The Morgan fingerprint density at radius 3 is 2.77 bits per heavy atom. The number of hydrogen-bond acceptors (Lipinski definition) is 5. The Bertz CT molecular complexity index is 790. The normalized spacial score (nSPS) is 20.0. The molecule has 1 aliphatic carbocycles. The molecule has 9 heteroatoms. The van der Waals surface area contributed by atoms with Crippen LogP contribution in [-0.4, -0.2) is 59.6 Å².